The van der Waals surface area contributed by atoms with Crippen LogP contribution < -0.4 is 10.5 Å². The van der Waals surface area contributed by atoms with Gasteiger partial charge in [-0.15, -0.1) is 0 Å². The molecule has 1 saturated carbocycles. The predicted octanol–water partition coefficient (Wildman–Crippen LogP) is 3.24. The zero-order valence-corrected chi connectivity index (χ0v) is 16.6. The van der Waals surface area contributed by atoms with Crippen LogP contribution in [0.5, 0.6) is 5.75 Å². The smallest absolute Gasteiger partial charge is 0.260 e. The van der Waals surface area contributed by atoms with Crippen molar-refractivity contribution >= 4 is 5.91 Å². The van der Waals surface area contributed by atoms with Crippen molar-refractivity contribution in [2.24, 2.45) is 5.73 Å². The summed E-state index contributed by atoms with van der Waals surface area (Å²) in [4.78, 5) is 19.0. The first-order valence-corrected chi connectivity index (χ1v) is 10.1. The van der Waals surface area contributed by atoms with Crippen LogP contribution in [0.4, 0.5) is 0 Å². The molecule has 2 aliphatic rings. The van der Waals surface area contributed by atoms with E-state index >= 15 is 0 Å². The zero-order valence-electron chi connectivity index (χ0n) is 16.6. The SMILES string of the molecule is CC1CCCC(C)N1C(=O)COc1ccc(-c2nc(C3(N)CCC3)no2)cc1. The van der Waals surface area contributed by atoms with Crippen molar-refractivity contribution in [3.63, 3.8) is 0 Å². The predicted molar refractivity (Wildman–Crippen MR) is 105 cm³/mol. The van der Waals surface area contributed by atoms with Crippen LogP contribution in [-0.2, 0) is 10.3 Å². The van der Waals surface area contributed by atoms with Gasteiger partial charge in [-0.05, 0) is 76.6 Å². The Morgan fingerprint density at radius 1 is 1.21 bits per heavy atom. The number of aromatic nitrogens is 2. The fourth-order valence-electron chi connectivity index (χ4n) is 4.15. The number of rotatable bonds is 5. The number of amides is 1. The molecule has 1 aliphatic carbocycles. The van der Waals surface area contributed by atoms with E-state index in [0.717, 1.165) is 37.7 Å². The number of nitrogens with zero attached hydrogens (tertiary/aromatic N) is 3. The van der Waals surface area contributed by atoms with Crippen LogP contribution in [0.3, 0.4) is 0 Å². The third-order valence-electron chi connectivity index (χ3n) is 6.06. The first-order chi connectivity index (χ1) is 13.5. The quantitative estimate of drug-likeness (QED) is 0.850. The second-order valence-corrected chi connectivity index (χ2v) is 8.18. The fraction of sp³-hybridized carbons (Fsp3) is 0.571. The third-order valence-corrected chi connectivity index (χ3v) is 6.06. The maximum absolute atomic E-state index is 12.6. The fourth-order valence-corrected chi connectivity index (χ4v) is 4.15. The second kappa shape index (κ2) is 7.54. The van der Waals surface area contributed by atoms with Crippen molar-refractivity contribution in [2.45, 2.75) is 70.0 Å². The lowest BCUT2D eigenvalue weighted by molar-refractivity contribution is -0.139. The van der Waals surface area contributed by atoms with Crippen molar-refractivity contribution in [3.05, 3.63) is 30.1 Å². The van der Waals surface area contributed by atoms with Crippen molar-refractivity contribution in [1.82, 2.24) is 15.0 Å². The third kappa shape index (κ3) is 3.63. The van der Waals surface area contributed by atoms with Crippen LogP contribution in [0.15, 0.2) is 28.8 Å². The molecule has 2 atom stereocenters. The Kier molecular flexibility index (Phi) is 5.10. The summed E-state index contributed by atoms with van der Waals surface area (Å²) >= 11 is 0. The van der Waals surface area contributed by atoms with E-state index in [2.05, 4.69) is 24.0 Å². The molecule has 2 N–H and O–H groups in total. The van der Waals surface area contributed by atoms with Gasteiger partial charge in [-0.25, -0.2) is 0 Å². The highest BCUT2D eigenvalue weighted by atomic mass is 16.5. The highest BCUT2D eigenvalue weighted by molar-refractivity contribution is 5.78. The molecule has 2 unspecified atom stereocenters. The molecule has 28 heavy (non-hydrogen) atoms. The minimum atomic E-state index is -0.437. The van der Waals surface area contributed by atoms with Crippen LogP contribution in [0.25, 0.3) is 11.5 Å². The maximum Gasteiger partial charge on any atom is 0.260 e. The van der Waals surface area contributed by atoms with Crippen LogP contribution in [-0.4, -0.2) is 39.6 Å². The Hall–Kier alpha value is -2.41. The van der Waals surface area contributed by atoms with Gasteiger partial charge >= 0.3 is 0 Å². The number of hydrogen-bond acceptors (Lipinski definition) is 6. The van der Waals surface area contributed by atoms with E-state index in [4.69, 9.17) is 15.0 Å². The topological polar surface area (TPSA) is 94.5 Å². The first kappa shape index (κ1) is 18.9. The van der Waals surface area contributed by atoms with E-state index in [9.17, 15) is 4.79 Å². The lowest BCUT2D eigenvalue weighted by Gasteiger charge is -2.38. The van der Waals surface area contributed by atoms with Gasteiger partial charge in [0, 0.05) is 17.6 Å². The average Bonchev–Trinajstić information content (AvgIpc) is 3.15. The lowest BCUT2D eigenvalue weighted by Crippen LogP contribution is -2.49. The van der Waals surface area contributed by atoms with Crippen molar-refractivity contribution in [3.8, 4) is 17.2 Å². The molecule has 7 heteroatoms. The van der Waals surface area contributed by atoms with Gasteiger partial charge in [0.05, 0.1) is 5.54 Å². The standard InChI is InChI=1S/C21H28N4O3/c1-14-5-3-6-15(2)25(14)18(26)13-27-17-9-7-16(8-10-17)19-23-20(24-28-19)21(22)11-4-12-21/h7-10,14-15H,3-6,11-13,22H2,1-2H3. The summed E-state index contributed by atoms with van der Waals surface area (Å²) < 4.78 is 11.1. The van der Waals surface area contributed by atoms with Gasteiger partial charge in [-0.1, -0.05) is 5.16 Å². The summed E-state index contributed by atoms with van der Waals surface area (Å²) in [5.41, 5.74) is 6.62. The van der Waals surface area contributed by atoms with Gasteiger partial charge in [0.15, 0.2) is 12.4 Å². The molecule has 2 aromatic rings. The Balaban J connectivity index is 1.36. The molecule has 1 aliphatic heterocycles. The monoisotopic (exact) mass is 384 g/mol. The Morgan fingerprint density at radius 3 is 2.50 bits per heavy atom. The number of hydrogen-bond donors (Lipinski definition) is 1. The summed E-state index contributed by atoms with van der Waals surface area (Å²) in [7, 11) is 0. The summed E-state index contributed by atoms with van der Waals surface area (Å²) in [6.45, 7) is 4.26. The molecule has 2 fully saturated rings. The molecule has 1 saturated heterocycles. The second-order valence-electron chi connectivity index (χ2n) is 8.18. The van der Waals surface area contributed by atoms with E-state index < -0.39 is 5.54 Å². The van der Waals surface area contributed by atoms with Gasteiger partial charge in [-0.3, -0.25) is 4.79 Å². The summed E-state index contributed by atoms with van der Waals surface area (Å²) in [5, 5.41) is 4.04. The van der Waals surface area contributed by atoms with Crippen LogP contribution in [0.2, 0.25) is 0 Å². The van der Waals surface area contributed by atoms with E-state index in [1.165, 1.54) is 6.42 Å². The normalized spacial score (nSPS) is 23.9. The highest BCUT2D eigenvalue weighted by Gasteiger charge is 2.39. The molecule has 1 aromatic heterocycles. The minimum Gasteiger partial charge on any atom is -0.484 e. The molecular formula is C21H28N4O3. The lowest BCUT2D eigenvalue weighted by atomic mass is 9.77. The number of likely N-dealkylation sites (tertiary alicyclic amines) is 1. The van der Waals surface area contributed by atoms with Crippen molar-refractivity contribution in [1.29, 1.82) is 0 Å². The molecule has 2 heterocycles. The van der Waals surface area contributed by atoms with Crippen LogP contribution in [0, 0.1) is 0 Å². The number of carbonyl (C=O) groups excluding carboxylic acids is 1. The largest absolute Gasteiger partial charge is 0.484 e. The molecule has 0 bridgehead atoms. The Bertz CT molecular complexity index is 818. The van der Waals surface area contributed by atoms with Crippen molar-refractivity contribution in [2.75, 3.05) is 6.61 Å². The number of nitrogens with two attached hydrogens (primary N) is 1. The van der Waals surface area contributed by atoms with Crippen molar-refractivity contribution < 1.29 is 14.1 Å². The van der Waals surface area contributed by atoms with Gasteiger partial charge in [-0.2, -0.15) is 4.98 Å². The first-order valence-electron chi connectivity index (χ1n) is 10.1. The summed E-state index contributed by atoms with van der Waals surface area (Å²) in [6, 6.07) is 7.89. The molecule has 0 radical (unpaired) electrons. The minimum absolute atomic E-state index is 0.0408. The number of ether oxygens (including phenoxy) is 1. The number of benzene rings is 1. The van der Waals surface area contributed by atoms with E-state index in [1.807, 2.05) is 29.2 Å². The molecule has 1 amide bonds. The highest BCUT2D eigenvalue weighted by Crippen LogP contribution is 2.37. The van der Waals surface area contributed by atoms with Gasteiger partial charge in [0.1, 0.15) is 5.75 Å². The van der Waals surface area contributed by atoms with Crippen LogP contribution in [0.1, 0.15) is 58.2 Å². The molecule has 0 spiro atoms. The van der Waals surface area contributed by atoms with Gasteiger partial charge in [0.25, 0.3) is 11.8 Å². The number of piperidine rings is 1. The number of carbonyl (C=O) groups is 1. The molecule has 150 valence electrons. The average molecular weight is 384 g/mol. The van der Waals surface area contributed by atoms with Gasteiger partial charge < -0.3 is 19.9 Å². The molecule has 7 nitrogen and oxygen atoms in total. The Morgan fingerprint density at radius 2 is 1.89 bits per heavy atom. The zero-order chi connectivity index (χ0) is 19.7. The summed E-state index contributed by atoms with van der Waals surface area (Å²) in [6.07, 6.45) is 6.17. The van der Waals surface area contributed by atoms with E-state index in [0.29, 0.717) is 17.5 Å². The van der Waals surface area contributed by atoms with Gasteiger partial charge in [0.2, 0.25) is 0 Å². The maximum atomic E-state index is 12.6. The molecular weight excluding hydrogens is 356 g/mol. The van der Waals surface area contributed by atoms with Crippen LogP contribution >= 0.6 is 0 Å². The summed E-state index contributed by atoms with van der Waals surface area (Å²) in [5.74, 6) is 1.71. The Labute approximate surface area is 165 Å². The molecule has 1 aromatic carbocycles. The van der Waals surface area contributed by atoms with E-state index in [-0.39, 0.29) is 24.6 Å². The van der Waals surface area contributed by atoms with E-state index in [1.54, 1.807) is 0 Å². The molecule has 4 rings (SSSR count).